The first-order chi connectivity index (χ1) is 11.7. The van der Waals surface area contributed by atoms with Gasteiger partial charge in [0, 0.05) is 11.3 Å². The number of hydrogen-bond acceptors (Lipinski definition) is 5. The van der Waals surface area contributed by atoms with Gasteiger partial charge in [0.05, 0.1) is 18.1 Å². The zero-order chi connectivity index (χ0) is 16.8. The molecule has 0 bridgehead atoms. The number of amides is 1. The van der Waals surface area contributed by atoms with Crippen molar-refractivity contribution in [2.75, 3.05) is 5.32 Å². The Kier molecular flexibility index (Phi) is 5.18. The molecule has 0 radical (unpaired) electrons. The molecule has 0 saturated carbocycles. The van der Waals surface area contributed by atoms with Gasteiger partial charge in [0.15, 0.2) is 0 Å². The third kappa shape index (κ3) is 4.39. The zero-order valence-electron chi connectivity index (χ0n) is 13.2. The van der Waals surface area contributed by atoms with Crippen molar-refractivity contribution in [1.29, 1.82) is 0 Å². The molecule has 0 aliphatic carbocycles. The number of anilines is 1. The Balaban J connectivity index is 1.52. The van der Waals surface area contributed by atoms with Gasteiger partial charge in [-0.3, -0.25) is 4.79 Å². The number of hydrogen-bond donors (Lipinski definition) is 1. The maximum atomic E-state index is 12.0. The van der Waals surface area contributed by atoms with Gasteiger partial charge in [-0.15, -0.1) is 11.3 Å². The van der Waals surface area contributed by atoms with Crippen LogP contribution in [0.5, 0.6) is 11.8 Å². The number of carbonyl (C=O) groups excluding carboxylic acids is 1. The average molecular weight is 339 g/mol. The van der Waals surface area contributed by atoms with Gasteiger partial charge in [-0.1, -0.05) is 18.2 Å². The second-order valence-corrected chi connectivity index (χ2v) is 6.25. The molecular formula is C18H17N3O2S. The minimum absolute atomic E-state index is 0.0527. The van der Waals surface area contributed by atoms with Gasteiger partial charge in [-0.2, -0.15) is 0 Å². The molecule has 5 nitrogen and oxygen atoms in total. The van der Waals surface area contributed by atoms with Crippen molar-refractivity contribution in [1.82, 2.24) is 9.97 Å². The topological polar surface area (TPSA) is 64.1 Å². The molecule has 2 aromatic heterocycles. The highest BCUT2D eigenvalue weighted by Crippen LogP contribution is 2.19. The Morgan fingerprint density at radius 1 is 1.17 bits per heavy atom. The predicted molar refractivity (Wildman–Crippen MR) is 94.6 cm³/mol. The second kappa shape index (κ2) is 7.70. The molecular weight excluding hydrogens is 322 g/mol. The van der Waals surface area contributed by atoms with Crippen LogP contribution < -0.4 is 10.1 Å². The largest absolute Gasteiger partial charge is 0.424 e. The Morgan fingerprint density at radius 2 is 1.92 bits per heavy atom. The van der Waals surface area contributed by atoms with Crippen LogP contribution in [0.3, 0.4) is 0 Å². The smallest absolute Gasteiger partial charge is 0.322 e. The highest BCUT2D eigenvalue weighted by atomic mass is 32.1. The summed E-state index contributed by atoms with van der Waals surface area (Å²) in [5.74, 6) is 0.615. The van der Waals surface area contributed by atoms with Crippen LogP contribution in [0.2, 0.25) is 0 Å². The number of thiophene rings is 1. The van der Waals surface area contributed by atoms with E-state index in [1.807, 2.05) is 35.7 Å². The first-order valence-corrected chi connectivity index (χ1v) is 8.46. The minimum Gasteiger partial charge on any atom is -0.424 e. The van der Waals surface area contributed by atoms with Crippen molar-refractivity contribution in [2.45, 2.75) is 19.8 Å². The lowest BCUT2D eigenvalue weighted by Crippen LogP contribution is -2.12. The van der Waals surface area contributed by atoms with Gasteiger partial charge in [-0.05, 0) is 42.5 Å². The zero-order valence-corrected chi connectivity index (χ0v) is 14.0. The Hall–Kier alpha value is -2.73. The Morgan fingerprint density at radius 3 is 2.58 bits per heavy atom. The van der Waals surface area contributed by atoms with E-state index < -0.39 is 0 Å². The van der Waals surface area contributed by atoms with Crippen LogP contribution in [0, 0.1) is 6.92 Å². The number of benzene rings is 1. The van der Waals surface area contributed by atoms with Crippen LogP contribution in [0.4, 0.5) is 5.69 Å². The molecule has 0 aliphatic rings. The summed E-state index contributed by atoms with van der Waals surface area (Å²) in [5.41, 5.74) is 1.79. The molecule has 3 aromatic rings. The first-order valence-electron chi connectivity index (χ1n) is 7.58. The van der Waals surface area contributed by atoms with Crippen LogP contribution in [0.1, 0.15) is 16.9 Å². The number of aromatic nitrogens is 2. The van der Waals surface area contributed by atoms with E-state index in [4.69, 9.17) is 4.74 Å². The number of ether oxygens (including phenoxy) is 1. The third-order valence-electron chi connectivity index (χ3n) is 3.41. The van der Waals surface area contributed by atoms with E-state index in [2.05, 4.69) is 28.3 Å². The number of aryl methyl sites for hydroxylation is 2. The van der Waals surface area contributed by atoms with E-state index in [0.717, 1.165) is 6.42 Å². The fourth-order valence-electron chi connectivity index (χ4n) is 2.14. The molecule has 0 aliphatic heterocycles. The van der Waals surface area contributed by atoms with E-state index in [9.17, 15) is 4.79 Å². The van der Waals surface area contributed by atoms with Crippen molar-refractivity contribution in [2.24, 2.45) is 0 Å². The first kappa shape index (κ1) is 16.1. The molecule has 1 amide bonds. The highest BCUT2D eigenvalue weighted by molar-refractivity contribution is 7.10. The van der Waals surface area contributed by atoms with Crippen LogP contribution in [-0.4, -0.2) is 15.9 Å². The van der Waals surface area contributed by atoms with Gasteiger partial charge in [0.25, 0.3) is 0 Å². The number of para-hydroxylation sites is 1. The normalized spacial score (nSPS) is 10.4. The maximum absolute atomic E-state index is 12.0. The van der Waals surface area contributed by atoms with Crippen LogP contribution in [-0.2, 0) is 11.2 Å². The maximum Gasteiger partial charge on any atom is 0.322 e. The molecule has 0 atom stereocenters. The molecule has 1 aromatic carbocycles. The monoisotopic (exact) mass is 339 g/mol. The van der Waals surface area contributed by atoms with Crippen molar-refractivity contribution >= 4 is 22.9 Å². The van der Waals surface area contributed by atoms with E-state index in [1.54, 1.807) is 23.7 Å². The summed E-state index contributed by atoms with van der Waals surface area (Å²) in [7, 11) is 0. The molecule has 122 valence electrons. The minimum atomic E-state index is -0.0527. The molecule has 2 heterocycles. The summed E-state index contributed by atoms with van der Waals surface area (Å²) in [6.07, 6.45) is 4.26. The summed E-state index contributed by atoms with van der Waals surface area (Å²) in [6.45, 7) is 2.06. The fraction of sp³-hybridized carbons (Fsp3) is 0.167. The molecule has 0 unspecified atom stereocenters. The van der Waals surface area contributed by atoms with E-state index in [0.29, 0.717) is 17.9 Å². The molecule has 0 spiro atoms. The van der Waals surface area contributed by atoms with Crippen molar-refractivity contribution in [3.63, 3.8) is 0 Å². The molecule has 3 rings (SSSR count). The standard InChI is InChI=1S/C18H17N3O2S/c1-13-9-10-24-16(13)7-8-17(22)21-14-11-19-18(20-12-14)23-15-5-3-2-4-6-15/h2-6,9-12H,7-8H2,1H3,(H,21,22). The quantitative estimate of drug-likeness (QED) is 0.730. The third-order valence-corrected chi connectivity index (χ3v) is 4.49. The van der Waals surface area contributed by atoms with Crippen LogP contribution in [0.15, 0.2) is 54.2 Å². The summed E-state index contributed by atoms with van der Waals surface area (Å²) in [4.78, 5) is 21.5. The molecule has 6 heteroatoms. The molecule has 0 fully saturated rings. The summed E-state index contributed by atoms with van der Waals surface area (Å²) >= 11 is 1.68. The SMILES string of the molecule is Cc1ccsc1CCC(=O)Nc1cnc(Oc2ccccc2)nc1. The van der Waals surface area contributed by atoms with Crippen LogP contribution in [0.25, 0.3) is 0 Å². The highest BCUT2D eigenvalue weighted by Gasteiger charge is 2.07. The number of rotatable bonds is 6. The molecule has 1 N–H and O–H groups in total. The van der Waals surface area contributed by atoms with Crippen molar-refractivity contribution in [3.8, 4) is 11.8 Å². The fourth-order valence-corrected chi connectivity index (χ4v) is 3.05. The van der Waals surface area contributed by atoms with Crippen molar-refractivity contribution in [3.05, 3.63) is 64.6 Å². The van der Waals surface area contributed by atoms with E-state index in [1.165, 1.54) is 10.4 Å². The lowest BCUT2D eigenvalue weighted by molar-refractivity contribution is -0.116. The lowest BCUT2D eigenvalue weighted by atomic mass is 10.2. The van der Waals surface area contributed by atoms with Gasteiger partial charge in [0.2, 0.25) is 5.91 Å². The summed E-state index contributed by atoms with van der Waals surface area (Å²) in [6, 6.07) is 11.6. The summed E-state index contributed by atoms with van der Waals surface area (Å²) in [5, 5.41) is 4.84. The lowest BCUT2D eigenvalue weighted by Gasteiger charge is -2.06. The second-order valence-electron chi connectivity index (χ2n) is 5.24. The van der Waals surface area contributed by atoms with Gasteiger partial charge >= 0.3 is 6.01 Å². The summed E-state index contributed by atoms with van der Waals surface area (Å²) < 4.78 is 5.51. The van der Waals surface area contributed by atoms with Crippen LogP contribution >= 0.6 is 11.3 Å². The Bertz CT molecular complexity index is 801. The van der Waals surface area contributed by atoms with Gasteiger partial charge in [-0.25, -0.2) is 9.97 Å². The van der Waals surface area contributed by atoms with Gasteiger partial charge in [0.1, 0.15) is 5.75 Å². The Labute approximate surface area is 144 Å². The molecule has 24 heavy (non-hydrogen) atoms. The van der Waals surface area contributed by atoms with E-state index >= 15 is 0 Å². The average Bonchev–Trinajstić information content (AvgIpc) is 3.01. The predicted octanol–water partition coefficient (Wildman–Crippen LogP) is 4.21. The van der Waals surface area contributed by atoms with Gasteiger partial charge < -0.3 is 10.1 Å². The number of nitrogens with zero attached hydrogens (tertiary/aromatic N) is 2. The van der Waals surface area contributed by atoms with Crippen molar-refractivity contribution < 1.29 is 9.53 Å². The number of nitrogens with one attached hydrogen (secondary N) is 1. The number of carbonyl (C=O) groups is 1. The van der Waals surface area contributed by atoms with E-state index in [-0.39, 0.29) is 11.9 Å². The molecule has 0 saturated heterocycles.